The summed E-state index contributed by atoms with van der Waals surface area (Å²) in [7, 11) is 0. The average Bonchev–Trinajstić information content (AvgIpc) is 3.38. The van der Waals surface area contributed by atoms with E-state index in [0.717, 1.165) is 28.5 Å². The summed E-state index contributed by atoms with van der Waals surface area (Å²) in [6, 6.07) is 9.68. The van der Waals surface area contributed by atoms with Crippen LogP contribution < -0.4 is 5.32 Å². The lowest BCUT2D eigenvalue weighted by molar-refractivity contribution is -0.0225. The number of aromatic nitrogens is 1. The Morgan fingerprint density at radius 3 is 2.90 bits per heavy atom. The zero-order valence-corrected chi connectivity index (χ0v) is 18.8. The highest BCUT2D eigenvalue weighted by atomic mass is 32.1. The third-order valence-electron chi connectivity index (χ3n) is 5.21. The molecular formula is C23H27N3O4S. The normalized spacial score (nSPS) is 16.8. The predicted molar refractivity (Wildman–Crippen MR) is 120 cm³/mol. The summed E-state index contributed by atoms with van der Waals surface area (Å²) in [5.41, 5.74) is 1.17. The van der Waals surface area contributed by atoms with E-state index in [-0.39, 0.29) is 24.0 Å². The molecule has 2 aromatic heterocycles. The van der Waals surface area contributed by atoms with Crippen LogP contribution >= 0.6 is 11.3 Å². The minimum Gasteiger partial charge on any atom is -0.370 e. The Hall–Kier alpha value is -2.71. The molecule has 1 N–H and O–H groups in total. The van der Waals surface area contributed by atoms with E-state index in [1.165, 1.54) is 11.3 Å². The number of nitrogens with one attached hydrogen (secondary N) is 1. The van der Waals surface area contributed by atoms with Crippen LogP contribution in [-0.2, 0) is 11.2 Å². The van der Waals surface area contributed by atoms with Gasteiger partial charge in [0.1, 0.15) is 11.9 Å². The molecule has 4 rings (SSSR count). The molecule has 3 aromatic rings. The van der Waals surface area contributed by atoms with E-state index < -0.39 is 0 Å². The van der Waals surface area contributed by atoms with Gasteiger partial charge in [-0.2, -0.15) is 0 Å². The van der Waals surface area contributed by atoms with Crippen LogP contribution in [0.4, 0.5) is 0 Å². The van der Waals surface area contributed by atoms with E-state index in [0.29, 0.717) is 36.0 Å². The van der Waals surface area contributed by atoms with Gasteiger partial charge in [0.2, 0.25) is 0 Å². The summed E-state index contributed by atoms with van der Waals surface area (Å²) in [5, 5.41) is 7.94. The standard InChI is InChI=1S/C23H27N3O4S/c1-4-7-15-12-17(25-30-15)23(28)26-10-11-29-18(13-26)20-16-8-5-6-9-19(16)31-21(20)22(27)24-14(2)3/h5-6,8-9,12,14,18H,4,7,10-11,13H2,1-3H3,(H,24,27)/t18-/m0/s1. The summed E-state index contributed by atoms with van der Waals surface area (Å²) in [6.07, 6.45) is 1.29. The van der Waals surface area contributed by atoms with Crippen molar-refractivity contribution in [2.24, 2.45) is 0 Å². The number of carbonyl (C=O) groups excluding carboxylic acids is 2. The number of rotatable bonds is 6. The number of morpholine rings is 1. The van der Waals surface area contributed by atoms with Gasteiger partial charge in [0, 0.05) is 35.3 Å². The molecule has 0 bridgehead atoms. The van der Waals surface area contributed by atoms with Crippen LogP contribution in [0.3, 0.4) is 0 Å². The van der Waals surface area contributed by atoms with Crippen molar-refractivity contribution in [1.82, 2.24) is 15.4 Å². The number of thiophene rings is 1. The van der Waals surface area contributed by atoms with E-state index in [2.05, 4.69) is 17.4 Å². The van der Waals surface area contributed by atoms with Gasteiger partial charge in [0.15, 0.2) is 5.69 Å². The lowest BCUT2D eigenvalue weighted by atomic mass is 10.0. The van der Waals surface area contributed by atoms with Gasteiger partial charge in [0.05, 0.1) is 18.0 Å². The SMILES string of the molecule is CCCc1cc(C(=O)N2CCO[C@H](c3c(C(=O)NC(C)C)sc4ccccc34)C2)no1. The van der Waals surface area contributed by atoms with Gasteiger partial charge in [-0.3, -0.25) is 9.59 Å². The summed E-state index contributed by atoms with van der Waals surface area (Å²) < 4.78 is 12.4. The largest absolute Gasteiger partial charge is 0.370 e. The monoisotopic (exact) mass is 441 g/mol. The molecule has 7 nitrogen and oxygen atoms in total. The van der Waals surface area contributed by atoms with Crippen LogP contribution in [0, 0.1) is 0 Å². The van der Waals surface area contributed by atoms with Crippen molar-refractivity contribution < 1.29 is 18.8 Å². The first-order valence-corrected chi connectivity index (χ1v) is 11.5. The van der Waals surface area contributed by atoms with E-state index in [1.807, 2.05) is 38.1 Å². The van der Waals surface area contributed by atoms with Crippen molar-refractivity contribution in [3.8, 4) is 0 Å². The molecule has 1 atom stereocenters. The molecule has 1 aliphatic heterocycles. The molecule has 1 aromatic carbocycles. The average molecular weight is 442 g/mol. The molecule has 0 saturated carbocycles. The van der Waals surface area contributed by atoms with Gasteiger partial charge in [-0.1, -0.05) is 30.3 Å². The molecule has 3 heterocycles. The van der Waals surface area contributed by atoms with E-state index >= 15 is 0 Å². The number of hydrogen-bond acceptors (Lipinski definition) is 6. The highest BCUT2D eigenvalue weighted by Crippen LogP contribution is 2.38. The third-order valence-corrected chi connectivity index (χ3v) is 6.40. The Labute approximate surface area is 185 Å². The lowest BCUT2D eigenvalue weighted by Crippen LogP contribution is -2.42. The fraction of sp³-hybridized carbons (Fsp3) is 0.435. The minimum absolute atomic E-state index is 0.0281. The van der Waals surface area contributed by atoms with Crippen molar-refractivity contribution in [3.05, 3.63) is 52.2 Å². The van der Waals surface area contributed by atoms with Gasteiger partial charge in [-0.25, -0.2) is 0 Å². The van der Waals surface area contributed by atoms with Crippen molar-refractivity contribution in [2.75, 3.05) is 19.7 Å². The summed E-state index contributed by atoms with van der Waals surface area (Å²) >= 11 is 1.46. The highest BCUT2D eigenvalue weighted by molar-refractivity contribution is 7.21. The molecule has 1 aliphatic rings. The maximum atomic E-state index is 13.0. The van der Waals surface area contributed by atoms with Crippen LogP contribution in [0.15, 0.2) is 34.9 Å². The molecule has 0 spiro atoms. The molecule has 1 fully saturated rings. The topological polar surface area (TPSA) is 84.7 Å². The fourth-order valence-corrected chi connectivity index (χ4v) is 4.99. The Bertz CT molecular complexity index is 1090. The smallest absolute Gasteiger partial charge is 0.276 e. The predicted octanol–water partition coefficient (Wildman–Crippen LogP) is 4.19. The van der Waals surface area contributed by atoms with Gasteiger partial charge in [-0.15, -0.1) is 11.3 Å². The summed E-state index contributed by atoms with van der Waals surface area (Å²) in [6.45, 7) is 7.15. The van der Waals surface area contributed by atoms with Crippen molar-refractivity contribution in [3.63, 3.8) is 0 Å². The maximum absolute atomic E-state index is 13.0. The summed E-state index contributed by atoms with van der Waals surface area (Å²) in [4.78, 5) is 28.3. The second-order valence-electron chi connectivity index (χ2n) is 8.01. The van der Waals surface area contributed by atoms with Gasteiger partial charge in [0.25, 0.3) is 11.8 Å². The zero-order valence-electron chi connectivity index (χ0n) is 18.0. The number of nitrogens with zero attached hydrogens (tertiary/aromatic N) is 2. The second-order valence-corrected chi connectivity index (χ2v) is 9.06. The minimum atomic E-state index is -0.385. The van der Waals surface area contributed by atoms with E-state index in [9.17, 15) is 9.59 Å². The lowest BCUT2D eigenvalue weighted by Gasteiger charge is -2.33. The second kappa shape index (κ2) is 9.20. The number of hydrogen-bond donors (Lipinski definition) is 1. The summed E-state index contributed by atoms with van der Waals surface area (Å²) in [5.74, 6) is 0.429. The van der Waals surface area contributed by atoms with Crippen LogP contribution in [0.2, 0.25) is 0 Å². The van der Waals surface area contributed by atoms with Crippen LogP contribution in [0.25, 0.3) is 10.1 Å². The number of benzene rings is 1. The van der Waals surface area contributed by atoms with Crippen LogP contribution in [-0.4, -0.2) is 47.6 Å². The first-order valence-electron chi connectivity index (χ1n) is 10.7. The van der Waals surface area contributed by atoms with Gasteiger partial charge < -0.3 is 19.5 Å². The zero-order chi connectivity index (χ0) is 22.0. The third kappa shape index (κ3) is 4.50. The van der Waals surface area contributed by atoms with E-state index in [1.54, 1.807) is 11.0 Å². The van der Waals surface area contributed by atoms with E-state index in [4.69, 9.17) is 9.26 Å². The number of aryl methyl sites for hydroxylation is 1. The van der Waals surface area contributed by atoms with Gasteiger partial charge >= 0.3 is 0 Å². The van der Waals surface area contributed by atoms with Crippen molar-refractivity contribution >= 4 is 33.2 Å². The molecule has 0 unspecified atom stereocenters. The quantitative estimate of drug-likeness (QED) is 0.620. The molecule has 0 radical (unpaired) electrons. The Morgan fingerprint density at radius 2 is 2.13 bits per heavy atom. The molecule has 1 saturated heterocycles. The van der Waals surface area contributed by atoms with Gasteiger partial charge in [-0.05, 0) is 31.7 Å². The molecule has 31 heavy (non-hydrogen) atoms. The Balaban J connectivity index is 1.63. The number of ether oxygens (including phenoxy) is 1. The molecule has 164 valence electrons. The van der Waals surface area contributed by atoms with Crippen molar-refractivity contribution in [1.29, 1.82) is 0 Å². The molecule has 2 amide bonds. The first-order chi connectivity index (χ1) is 15.0. The van der Waals surface area contributed by atoms with Crippen LogP contribution in [0.1, 0.15) is 64.8 Å². The maximum Gasteiger partial charge on any atom is 0.276 e. The van der Waals surface area contributed by atoms with Crippen LogP contribution in [0.5, 0.6) is 0 Å². The fourth-order valence-electron chi connectivity index (χ4n) is 3.83. The molecule has 8 heteroatoms. The number of amides is 2. The number of carbonyl (C=O) groups is 2. The number of fused-ring (bicyclic) bond motifs is 1. The Morgan fingerprint density at radius 1 is 1.32 bits per heavy atom. The van der Waals surface area contributed by atoms with Crippen molar-refractivity contribution in [2.45, 2.75) is 45.8 Å². The molecule has 0 aliphatic carbocycles. The molecular weight excluding hydrogens is 414 g/mol. The Kier molecular flexibility index (Phi) is 6.38. The first kappa shape index (κ1) is 21.5. The highest BCUT2D eigenvalue weighted by Gasteiger charge is 2.32.